The Morgan fingerprint density at radius 3 is 2.35 bits per heavy atom. The number of fused-ring (bicyclic) bond motifs is 1. The number of rotatable bonds is 6. The number of aryl methyl sites for hydroxylation is 1. The lowest BCUT2D eigenvalue weighted by molar-refractivity contribution is 0.0602. The smallest absolute Gasteiger partial charge is 0.340 e. The summed E-state index contributed by atoms with van der Waals surface area (Å²) >= 11 is 0. The molecule has 0 amide bonds. The van der Waals surface area contributed by atoms with E-state index < -0.39 is 5.97 Å². The van der Waals surface area contributed by atoms with Crippen molar-refractivity contribution < 1.29 is 23.8 Å². The molecule has 1 N–H and O–H groups in total. The van der Waals surface area contributed by atoms with Crippen molar-refractivity contribution in [1.82, 2.24) is 4.98 Å². The van der Waals surface area contributed by atoms with Crippen LogP contribution in [0.2, 0.25) is 0 Å². The molecule has 1 heterocycles. The van der Waals surface area contributed by atoms with Crippen LogP contribution >= 0.6 is 0 Å². The molecule has 0 radical (unpaired) electrons. The van der Waals surface area contributed by atoms with Gasteiger partial charge in [0.25, 0.3) is 0 Å². The standard InChI is InChI=1S/C20H19NO5/c1-12-19(20(23)25-3)16-10-15(8-9-17(16)21-12)26-11-18(22)13-4-6-14(24-2)7-5-13/h4-10,21H,11H2,1-3H3. The molecule has 6 nitrogen and oxygen atoms in total. The summed E-state index contributed by atoms with van der Waals surface area (Å²) in [6.07, 6.45) is 0. The van der Waals surface area contributed by atoms with E-state index in [1.54, 1.807) is 50.4 Å². The van der Waals surface area contributed by atoms with Crippen LogP contribution in [0.25, 0.3) is 10.9 Å². The summed E-state index contributed by atoms with van der Waals surface area (Å²) in [5.74, 6) is 0.626. The number of ketones is 1. The van der Waals surface area contributed by atoms with Crippen LogP contribution in [0.3, 0.4) is 0 Å². The van der Waals surface area contributed by atoms with Crippen LogP contribution in [-0.2, 0) is 4.74 Å². The molecule has 3 rings (SSSR count). The van der Waals surface area contributed by atoms with Gasteiger partial charge in [0.1, 0.15) is 11.5 Å². The second-order valence-corrected chi connectivity index (χ2v) is 5.76. The lowest BCUT2D eigenvalue weighted by atomic mass is 10.1. The fourth-order valence-corrected chi connectivity index (χ4v) is 2.77. The third-order valence-electron chi connectivity index (χ3n) is 4.13. The van der Waals surface area contributed by atoms with Crippen LogP contribution in [0.5, 0.6) is 11.5 Å². The van der Waals surface area contributed by atoms with Crippen molar-refractivity contribution in [3.05, 3.63) is 59.3 Å². The second-order valence-electron chi connectivity index (χ2n) is 5.76. The molecule has 1 aromatic heterocycles. The Kier molecular flexibility index (Phi) is 4.93. The highest BCUT2D eigenvalue weighted by molar-refractivity contribution is 6.06. The van der Waals surface area contributed by atoms with Gasteiger partial charge in [-0.2, -0.15) is 0 Å². The van der Waals surface area contributed by atoms with Gasteiger partial charge in [-0.1, -0.05) is 0 Å². The van der Waals surface area contributed by atoms with E-state index in [0.717, 1.165) is 11.2 Å². The van der Waals surface area contributed by atoms with Gasteiger partial charge in [0.2, 0.25) is 0 Å². The van der Waals surface area contributed by atoms with Crippen molar-refractivity contribution in [1.29, 1.82) is 0 Å². The van der Waals surface area contributed by atoms with Crippen molar-refractivity contribution >= 4 is 22.7 Å². The van der Waals surface area contributed by atoms with E-state index in [9.17, 15) is 9.59 Å². The highest BCUT2D eigenvalue weighted by atomic mass is 16.5. The summed E-state index contributed by atoms with van der Waals surface area (Å²) in [6.45, 7) is 1.70. The molecule has 2 aromatic carbocycles. The van der Waals surface area contributed by atoms with Gasteiger partial charge >= 0.3 is 5.97 Å². The van der Waals surface area contributed by atoms with Gasteiger partial charge in [0, 0.05) is 22.2 Å². The van der Waals surface area contributed by atoms with Gasteiger partial charge in [0.15, 0.2) is 12.4 Å². The first-order valence-electron chi connectivity index (χ1n) is 8.04. The first-order chi connectivity index (χ1) is 12.5. The number of benzene rings is 2. The van der Waals surface area contributed by atoms with Gasteiger partial charge < -0.3 is 19.2 Å². The van der Waals surface area contributed by atoms with Crippen LogP contribution in [0.1, 0.15) is 26.4 Å². The molecule has 0 aliphatic carbocycles. The highest BCUT2D eigenvalue weighted by Gasteiger charge is 2.17. The summed E-state index contributed by atoms with van der Waals surface area (Å²) in [5.41, 5.74) is 2.53. The van der Waals surface area contributed by atoms with E-state index in [0.29, 0.717) is 28.0 Å². The Balaban J connectivity index is 1.78. The minimum Gasteiger partial charge on any atom is -0.497 e. The largest absolute Gasteiger partial charge is 0.497 e. The van der Waals surface area contributed by atoms with Crippen molar-refractivity contribution in [3.8, 4) is 11.5 Å². The van der Waals surface area contributed by atoms with Crippen molar-refractivity contribution in [2.24, 2.45) is 0 Å². The van der Waals surface area contributed by atoms with Crippen LogP contribution in [0.4, 0.5) is 0 Å². The number of esters is 1. The van der Waals surface area contributed by atoms with Gasteiger partial charge in [-0.15, -0.1) is 0 Å². The molecule has 0 aliphatic heterocycles. The molecule has 0 unspecified atom stereocenters. The molecule has 0 saturated carbocycles. The predicted molar refractivity (Wildman–Crippen MR) is 97.2 cm³/mol. The molecule has 3 aromatic rings. The topological polar surface area (TPSA) is 77.6 Å². The number of carbonyl (C=O) groups is 2. The maximum atomic E-state index is 12.3. The number of methoxy groups -OCH3 is 2. The quantitative estimate of drug-likeness (QED) is 0.542. The summed E-state index contributed by atoms with van der Waals surface area (Å²) in [7, 11) is 2.91. The molecule has 0 fully saturated rings. The zero-order chi connectivity index (χ0) is 18.7. The zero-order valence-corrected chi connectivity index (χ0v) is 14.8. The molecule has 0 spiro atoms. The normalized spacial score (nSPS) is 10.6. The fraction of sp³-hybridized carbons (Fsp3) is 0.200. The maximum Gasteiger partial charge on any atom is 0.340 e. The summed E-state index contributed by atoms with van der Waals surface area (Å²) in [6, 6.07) is 12.1. The van der Waals surface area contributed by atoms with Gasteiger partial charge in [-0.25, -0.2) is 4.79 Å². The van der Waals surface area contributed by atoms with Crippen LogP contribution in [0, 0.1) is 6.92 Å². The number of nitrogens with one attached hydrogen (secondary N) is 1. The van der Waals surface area contributed by atoms with Crippen molar-refractivity contribution in [2.75, 3.05) is 20.8 Å². The molecule has 0 aliphatic rings. The van der Waals surface area contributed by atoms with E-state index in [1.165, 1.54) is 7.11 Å². The Labute approximate surface area is 150 Å². The number of Topliss-reactive ketones (excluding diaryl/α,β-unsaturated/α-hetero) is 1. The van der Waals surface area contributed by atoms with E-state index in [-0.39, 0.29) is 12.4 Å². The third-order valence-corrected chi connectivity index (χ3v) is 4.13. The fourth-order valence-electron chi connectivity index (χ4n) is 2.77. The Bertz CT molecular complexity index is 956. The van der Waals surface area contributed by atoms with E-state index in [4.69, 9.17) is 14.2 Å². The number of aromatic nitrogens is 1. The van der Waals surface area contributed by atoms with Crippen molar-refractivity contribution in [3.63, 3.8) is 0 Å². The molecule has 134 valence electrons. The third kappa shape index (κ3) is 3.39. The Hall–Kier alpha value is -3.28. The second kappa shape index (κ2) is 7.31. The number of hydrogen-bond donors (Lipinski definition) is 1. The average Bonchev–Trinajstić information content (AvgIpc) is 3.00. The predicted octanol–water partition coefficient (Wildman–Crippen LogP) is 3.53. The summed E-state index contributed by atoms with van der Waals surface area (Å²) in [5, 5.41) is 0.698. The summed E-state index contributed by atoms with van der Waals surface area (Å²) < 4.78 is 15.5. The molecule has 0 atom stereocenters. The molecular weight excluding hydrogens is 334 g/mol. The maximum absolute atomic E-state index is 12.3. The average molecular weight is 353 g/mol. The molecule has 0 bridgehead atoms. The SMILES string of the molecule is COC(=O)c1c(C)[nH]c2ccc(OCC(=O)c3ccc(OC)cc3)cc12. The van der Waals surface area contributed by atoms with Crippen LogP contribution < -0.4 is 9.47 Å². The molecule has 0 saturated heterocycles. The lowest BCUT2D eigenvalue weighted by Gasteiger charge is -2.07. The number of aromatic amines is 1. The Morgan fingerprint density at radius 2 is 1.69 bits per heavy atom. The van der Waals surface area contributed by atoms with E-state index in [1.807, 2.05) is 6.07 Å². The van der Waals surface area contributed by atoms with E-state index in [2.05, 4.69) is 4.98 Å². The molecule has 26 heavy (non-hydrogen) atoms. The number of carbonyl (C=O) groups excluding carboxylic acids is 2. The van der Waals surface area contributed by atoms with Crippen LogP contribution in [0.15, 0.2) is 42.5 Å². The number of ether oxygens (including phenoxy) is 3. The first kappa shape index (κ1) is 17.5. The van der Waals surface area contributed by atoms with Gasteiger partial charge in [0.05, 0.1) is 19.8 Å². The van der Waals surface area contributed by atoms with Crippen LogP contribution in [-0.4, -0.2) is 37.6 Å². The summed E-state index contributed by atoms with van der Waals surface area (Å²) in [4.78, 5) is 27.4. The molecule has 6 heteroatoms. The number of hydrogen-bond acceptors (Lipinski definition) is 5. The van der Waals surface area contributed by atoms with Gasteiger partial charge in [-0.05, 0) is 49.4 Å². The molecular formula is C20H19NO5. The minimum atomic E-state index is -0.416. The van der Waals surface area contributed by atoms with Gasteiger partial charge in [-0.3, -0.25) is 4.79 Å². The zero-order valence-electron chi connectivity index (χ0n) is 14.8. The minimum absolute atomic E-state index is 0.102. The number of H-pyrrole nitrogens is 1. The van der Waals surface area contributed by atoms with Crippen molar-refractivity contribution in [2.45, 2.75) is 6.92 Å². The highest BCUT2D eigenvalue weighted by Crippen LogP contribution is 2.27. The first-order valence-corrected chi connectivity index (χ1v) is 8.04. The Morgan fingerprint density at radius 1 is 1.00 bits per heavy atom. The van der Waals surface area contributed by atoms with E-state index >= 15 is 0 Å². The lowest BCUT2D eigenvalue weighted by Crippen LogP contribution is -2.11. The monoisotopic (exact) mass is 353 g/mol.